The van der Waals surface area contributed by atoms with Crippen LogP contribution < -0.4 is 0 Å². The van der Waals surface area contributed by atoms with Crippen molar-refractivity contribution < 1.29 is 9.90 Å². The van der Waals surface area contributed by atoms with Crippen LogP contribution in [0, 0.1) is 12.3 Å². The molecule has 0 unspecified atom stereocenters. The Kier molecular flexibility index (Phi) is 4.91. The van der Waals surface area contributed by atoms with E-state index in [0.29, 0.717) is 13.0 Å². The lowest BCUT2D eigenvalue weighted by Gasteiger charge is -2.28. The molecule has 100 valence electrons. The topological polar surface area (TPSA) is 40.5 Å². The minimum absolute atomic E-state index is 0.0785. The lowest BCUT2D eigenvalue weighted by Crippen LogP contribution is -2.38. The van der Waals surface area contributed by atoms with Crippen LogP contribution in [0.5, 0.6) is 0 Å². The summed E-state index contributed by atoms with van der Waals surface area (Å²) in [5, 5.41) is 9.21. The monoisotopic (exact) mass is 249 g/mol. The van der Waals surface area contributed by atoms with Crippen molar-refractivity contribution in [3.8, 4) is 0 Å². The van der Waals surface area contributed by atoms with E-state index in [-0.39, 0.29) is 17.9 Å². The highest BCUT2D eigenvalue weighted by Gasteiger charge is 2.21. The molecule has 0 saturated heterocycles. The van der Waals surface area contributed by atoms with Gasteiger partial charge in [0, 0.05) is 25.6 Å². The van der Waals surface area contributed by atoms with E-state index in [1.807, 2.05) is 45.0 Å². The molecular formula is C15H23NO2. The van der Waals surface area contributed by atoms with E-state index >= 15 is 0 Å². The smallest absolute Gasteiger partial charge is 0.226 e. The summed E-state index contributed by atoms with van der Waals surface area (Å²) >= 11 is 0. The van der Waals surface area contributed by atoms with Gasteiger partial charge in [-0.15, -0.1) is 0 Å². The quantitative estimate of drug-likeness (QED) is 0.867. The summed E-state index contributed by atoms with van der Waals surface area (Å²) in [6, 6.07) is 8.00. The zero-order valence-electron chi connectivity index (χ0n) is 11.7. The number of hydrogen-bond donors (Lipinski definition) is 1. The fraction of sp³-hybridized carbons (Fsp3) is 0.533. The van der Waals surface area contributed by atoms with Crippen molar-refractivity contribution in [2.24, 2.45) is 5.41 Å². The van der Waals surface area contributed by atoms with Crippen molar-refractivity contribution in [2.45, 2.75) is 27.2 Å². The van der Waals surface area contributed by atoms with Crippen LogP contribution in [0.3, 0.4) is 0 Å². The summed E-state index contributed by atoms with van der Waals surface area (Å²) in [5.41, 5.74) is 1.97. The van der Waals surface area contributed by atoms with Crippen molar-refractivity contribution >= 4 is 5.91 Å². The third kappa shape index (κ3) is 4.49. The number of aryl methyl sites for hydroxylation is 1. The number of aliphatic hydroxyl groups is 1. The number of carbonyl (C=O) groups is 1. The Labute approximate surface area is 109 Å². The number of benzene rings is 1. The summed E-state index contributed by atoms with van der Waals surface area (Å²) in [7, 11) is 1.79. The van der Waals surface area contributed by atoms with Gasteiger partial charge >= 0.3 is 0 Å². The average Bonchev–Trinajstić information content (AvgIpc) is 2.31. The summed E-state index contributed by atoms with van der Waals surface area (Å²) in [6.45, 7) is 6.57. The molecule has 0 radical (unpaired) electrons. The first-order valence-corrected chi connectivity index (χ1v) is 6.24. The third-order valence-corrected chi connectivity index (χ3v) is 2.99. The molecule has 0 fully saturated rings. The molecule has 0 bridgehead atoms. The highest BCUT2D eigenvalue weighted by Crippen LogP contribution is 2.15. The molecular weight excluding hydrogens is 226 g/mol. The zero-order valence-corrected chi connectivity index (χ0v) is 11.7. The number of likely N-dealkylation sites (N-methyl/N-ethyl adjacent to an activating group) is 1. The maximum atomic E-state index is 12.0. The first kappa shape index (κ1) is 14.7. The standard InChI is InChI=1S/C15H23NO2/c1-12-5-7-13(8-6-12)9-14(18)16(4)10-15(2,3)11-17/h5-8,17H,9-11H2,1-4H3. The molecule has 1 rings (SSSR count). The first-order chi connectivity index (χ1) is 8.34. The molecule has 0 aromatic heterocycles. The normalized spacial score (nSPS) is 11.4. The minimum Gasteiger partial charge on any atom is -0.396 e. The van der Waals surface area contributed by atoms with Gasteiger partial charge in [0.1, 0.15) is 0 Å². The van der Waals surface area contributed by atoms with E-state index in [1.54, 1.807) is 11.9 Å². The molecule has 1 amide bonds. The molecule has 0 heterocycles. The van der Waals surface area contributed by atoms with Crippen LogP contribution in [-0.4, -0.2) is 36.1 Å². The molecule has 0 aliphatic heterocycles. The highest BCUT2D eigenvalue weighted by molar-refractivity contribution is 5.78. The Morgan fingerprint density at radius 2 is 1.83 bits per heavy atom. The van der Waals surface area contributed by atoms with Crippen molar-refractivity contribution in [2.75, 3.05) is 20.2 Å². The number of aliphatic hydroxyl groups excluding tert-OH is 1. The SMILES string of the molecule is Cc1ccc(CC(=O)N(C)CC(C)(C)CO)cc1. The van der Waals surface area contributed by atoms with E-state index in [4.69, 9.17) is 0 Å². The van der Waals surface area contributed by atoms with Gasteiger partial charge in [0.15, 0.2) is 0 Å². The van der Waals surface area contributed by atoms with Crippen LogP contribution in [0.2, 0.25) is 0 Å². The van der Waals surface area contributed by atoms with E-state index in [0.717, 1.165) is 5.56 Å². The molecule has 0 atom stereocenters. The van der Waals surface area contributed by atoms with Gasteiger partial charge in [-0.1, -0.05) is 43.7 Å². The van der Waals surface area contributed by atoms with Crippen molar-refractivity contribution in [1.82, 2.24) is 4.90 Å². The van der Waals surface area contributed by atoms with Gasteiger partial charge in [-0.2, -0.15) is 0 Å². The van der Waals surface area contributed by atoms with Crippen LogP contribution in [0.4, 0.5) is 0 Å². The summed E-state index contributed by atoms with van der Waals surface area (Å²) in [6.07, 6.45) is 0.415. The molecule has 0 aliphatic rings. The van der Waals surface area contributed by atoms with Crippen LogP contribution in [-0.2, 0) is 11.2 Å². The molecule has 1 aromatic rings. The number of nitrogens with zero attached hydrogens (tertiary/aromatic N) is 1. The van der Waals surface area contributed by atoms with Gasteiger partial charge in [-0.25, -0.2) is 0 Å². The Morgan fingerprint density at radius 3 is 2.33 bits per heavy atom. The summed E-state index contributed by atoms with van der Waals surface area (Å²) in [5.74, 6) is 0.0837. The first-order valence-electron chi connectivity index (χ1n) is 6.24. The Balaban J connectivity index is 2.57. The van der Waals surface area contributed by atoms with Crippen molar-refractivity contribution in [1.29, 1.82) is 0 Å². The molecule has 0 aliphatic carbocycles. The molecule has 0 spiro atoms. The summed E-state index contributed by atoms with van der Waals surface area (Å²) < 4.78 is 0. The molecule has 0 saturated carbocycles. The number of rotatable bonds is 5. The molecule has 1 aromatic carbocycles. The number of amides is 1. The fourth-order valence-corrected chi connectivity index (χ4v) is 1.80. The van der Waals surface area contributed by atoms with Gasteiger partial charge in [-0.05, 0) is 12.5 Å². The highest BCUT2D eigenvalue weighted by atomic mass is 16.3. The lowest BCUT2D eigenvalue weighted by atomic mass is 9.94. The minimum atomic E-state index is -0.252. The van der Waals surface area contributed by atoms with E-state index in [1.165, 1.54) is 5.56 Å². The summed E-state index contributed by atoms with van der Waals surface area (Å²) in [4.78, 5) is 13.7. The molecule has 18 heavy (non-hydrogen) atoms. The third-order valence-electron chi connectivity index (χ3n) is 2.99. The Bertz CT molecular complexity index is 395. The van der Waals surface area contributed by atoms with Crippen molar-refractivity contribution in [3.63, 3.8) is 0 Å². The molecule has 3 heteroatoms. The van der Waals surface area contributed by atoms with Crippen molar-refractivity contribution in [3.05, 3.63) is 35.4 Å². The molecule has 3 nitrogen and oxygen atoms in total. The fourth-order valence-electron chi connectivity index (χ4n) is 1.80. The van der Waals surface area contributed by atoms with Gasteiger partial charge in [0.05, 0.1) is 6.42 Å². The zero-order chi connectivity index (χ0) is 13.8. The predicted molar refractivity (Wildman–Crippen MR) is 73.4 cm³/mol. The van der Waals surface area contributed by atoms with Gasteiger partial charge in [0.2, 0.25) is 5.91 Å². The second-order valence-electron chi connectivity index (χ2n) is 5.73. The number of hydrogen-bond acceptors (Lipinski definition) is 2. The second-order valence-corrected chi connectivity index (χ2v) is 5.73. The van der Waals surface area contributed by atoms with Crippen LogP contribution in [0.1, 0.15) is 25.0 Å². The Morgan fingerprint density at radius 1 is 1.28 bits per heavy atom. The molecule has 1 N–H and O–H groups in total. The maximum Gasteiger partial charge on any atom is 0.226 e. The van der Waals surface area contributed by atoms with E-state index in [9.17, 15) is 9.90 Å². The lowest BCUT2D eigenvalue weighted by molar-refractivity contribution is -0.130. The van der Waals surface area contributed by atoms with Crippen LogP contribution in [0.25, 0.3) is 0 Å². The van der Waals surface area contributed by atoms with Gasteiger partial charge in [0.25, 0.3) is 0 Å². The average molecular weight is 249 g/mol. The van der Waals surface area contributed by atoms with Gasteiger partial charge in [-0.3, -0.25) is 4.79 Å². The maximum absolute atomic E-state index is 12.0. The second kappa shape index (κ2) is 6.01. The number of carbonyl (C=O) groups excluding carboxylic acids is 1. The van der Waals surface area contributed by atoms with Crippen LogP contribution >= 0.6 is 0 Å². The van der Waals surface area contributed by atoms with E-state index < -0.39 is 0 Å². The Hall–Kier alpha value is -1.35. The largest absolute Gasteiger partial charge is 0.396 e. The van der Waals surface area contributed by atoms with Crippen LogP contribution in [0.15, 0.2) is 24.3 Å². The predicted octanol–water partition coefficient (Wildman–Crippen LogP) is 2.01. The van der Waals surface area contributed by atoms with Gasteiger partial charge < -0.3 is 10.0 Å². The van der Waals surface area contributed by atoms with E-state index in [2.05, 4.69) is 0 Å².